The van der Waals surface area contributed by atoms with Crippen LogP contribution in [0.15, 0.2) is 66.5 Å². The first-order valence-electron chi connectivity index (χ1n) is 13.2. The number of aromatic nitrogens is 4. The van der Waals surface area contributed by atoms with E-state index in [1.165, 1.54) is 18.5 Å². The minimum atomic E-state index is -0.698. The second kappa shape index (κ2) is 10.4. The zero-order chi connectivity index (χ0) is 27.8. The van der Waals surface area contributed by atoms with Crippen molar-refractivity contribution < 1.29 is 18.7 Å². The number of rotatable bonds is 7. The van der Waals surface area contributed by atoms with Crippen LogP contribution in [0.1, 0.15) is 31.7 Å². The summed E-state index contributed by atoms with van der Waals surface area (Å²) in [5, 5.41) is 5.51. The molecular formula is C29H28FN7O3. The number of nitrogens with two attached hydrogens (primary N) is 2. The van der Waals surface area contributed by atoms with E-state index in [1.807, 2.05) is 12.1 Å². The number of benzene rings is 2. The summed E-state index contributed by atoms with van der Waals surface area (Å²) in [4.78, 5) is 35.6. The molecule has 204 valence electrons. The van der Waals surface area contributed by atoms with Crippen LogP contribution >= 0.6 is 0 Å². The summed E-state index contributed by atoms with van der Waals surface area (Å²) in [7, 11) is 0. The molecule has 4 N–H and O–H groups in total. The molecule has 0 radical (unpaired) electrons. The number of nitrogen functional groups attached to an aromatic ring is 1. The molecule has 0 spiro atoms. The monoisotopic (exact) mass is 541 g/mol. The Hall–Kier alpha value is -4.80. The van der Waals surface area contributed by atoms with Gasteiger partial charge in [0.15, 0.2) is 5.65 Å². The molecule has 1 atom stereocenters. The number of carbonyl (C=O) groups excluding carboxylic acids is 2. The van der Waals surface area contributed by atoms with Gasteiger partial charge in [-0.2, -0.15) is 5.10 Å². The van der Waals surface area contributed by atoms with Crippen LogP contribution in [0.3, 0.4) is 0 Å². The van der Waals surface area contributed by atoms with E-state index in [1.54, 1.807) is 39.9 Å². The zero-order valence-corrected chi connectivity index (χ0v) is 21.7. The first-order valence-corrected chi connectivity index (χ1v) is 13.2. The summed E-state index contributed by atoms with van der Waals surface area (Å²) >= 11 is 0. The van der Waals surface area contributed by atoms with Crippen molar-refractivity contribution in [2.45, 2.75) is 31.7 Å². The largest absolute Gasteiger partial charge is 0.457 e. The molecule has 1 saturated heterocycles. The first kappa shape index (κ1) is 25.5. The molecule has 1 aliphatic carbocycles. The molecule has 4 aromatic rings. The molecule has 2 aromatic carbocycles. The number of anilines is 1. The van der Waals surface area contributed by atoms with Crippen molar-refractivity contribution in [3.8, 4) is 22.8 Å². The maximum Gasteiger partial charge on any atom is 0.259 e. The van der Waals surface area contributed by atoms with Gasteiger partial charge in [-0.05, 0) is 68.0 Å². The highest BCUT2D eigenvalue weighted by molar-refractivity contribution is 6.17. The van der Waals surface area contributed by atoms with Crippen LogP contribution in [0, 0.1) is 11.7 Å². The molecule has 1 saturated carbocycles. The highest BCUT2D eigenvalue weighted by atomic mass is 19.1. The lowest BCUT2D eigenvalue weighted by Crippen LogP contribution is -2.43. The number of primary amides is 1. The van der Waals surface area contributed by atoms with Gasteiger partial charge < -0.3 is 21.1 Å². The summed E-state index contributed by atoms with van der Waals surface area (Å²) in [5.41, 5.74) is 13.8. The SMILES string of the molecule is NC(=O)/C(=C/C1CC1)C(=O)N1CCC[C@@H](n2nc(-c3ccc(Oc4cccc(F)c4)cc3)c3c(N)ncnc32)C1. The fraction of sp³-hybridized carbons (Fsp3) is 0.276. The molecule has 11 heteroatoms. The molecule has 6 rings (SSSR count). The topological polar surface area (TPSA) is 142 Å². The number of hydrogen-bond donors (Lipinski definition) is 2. The number of carbonyl (C=O) groups is 2. The molecule has 3 heterocycles. The molecule has 2 aromatic heterocycles. The molecule has 10 nitrogen and oxygen atoms in total. The van der Waals surface area contributed by atoms with Crippen molar-refractivity contribution >= 4 is 28.7 Å². The lowest BCUT2D eigenvalue weighted by atomic mass is 10.0. The van der Waals surface area contributed by atoms with E-state index in [9.17, 15) is 14.0 Å². The average molecular weight is 542 g/mol. The lowest BCUT2D eigenvalue weighted by molar-refractivity contribution is -0.131. The standard InChI is InChI=1S/C29H28FN7O3/c30-19-3-1-5-22(14-19)40-21-10-8-18(9-11-21)25-24-26(31)33-16-34-28(24)37(35-25)20-4-2-12-36(15-20)29(39)23(27(32)38)13-17-6-7-17/h1,3,5,8-11,13-14,16-17,20H,2,4,6-7,12,15H2,(H2,32,38)(H2,31,33,34)/b23-13-/t20-/m1/s1. The van der Waals surface area contributed by atoms with Gasteiger partial charge in [0.25, 0.3) is 11.8 Å². The minimum absolute atomic E-state index is 0.0567. The Balaban J connectivity index is 1.29. The fourth-order valence-corrected chi connectivity index (χ4v) is 5.07. The van der Waals surface area contributed by atoms with E-state index in [0.29, 0.717) is 47.1 Å². The van der Waals surface area contributed by atoms with Crippen molar-refractivity contribution in [1.29, 1.82) is 0 Å². The normalized spacial score (nSPS) is 17.7. The van der Waals surface area contributed by atoms with Crippen molar-refractivity contribution in [2.24, 2.45) is 11.7 Å². The summed E-state index contributed by atoms with van der Waals surface area (Å²) in [6.45, 7) is 0.884. The van der Waals surface area contributed by atoms with Gasteiger partial charge in [-0.3, -0.25) is 9.59 Å². The van der Waals surface area contributed by atoms with E-state index in [4.69, 9.17) is 21.3 Å². The third-order valence-corrected chi connectivity index (χ3v) is 7.23. The van der Waals surface area contributed by atoms with Gasteiger partial charge in [-0.25, -0.2) is 19.0 Å². The van der Waals surface area contributed by atoms with Crippen molar-refractivity contribution in [2.75, 3.05) is 18.8 Å². The van der Waals surface area contributed by atoms with E-state index in [-0.39, 0.29) is 29.3 Å². The molecule has 40 heavy (non-hydrogen) atoms. The number of piperidine rings is 1. The summed E-state index contributed by atoms with van der Waals surface area (Å²) < 4.78 is 21.1. The van der Waals surface area contributed by atoms with Gasteiger partial charge in [-0.1, -0.05) is 12.1 Å². The van der Waals surface area contributed by atoms with Crippen LogP contribution in [0.25, 0.3) is 22.3 Å². The number of likely N-dealkylation sites (tertiary alicyclic amines) is 1. The Bertz CT molecular complexity index is 1630. The number of nitrogens with zero attached hydrogens (tertiary/aromatic N) is 5. The van der Waals surface area contributed by atoms with Gasteiger partial charge in [0, 0.05) is 24.7 Å². The Morgan fingerprint density at radius 3 is 2.58 bits per heavy atom. The highest BCUT2D eigenvalue weighted by Crippen LogP contribution is 2.36. The third-order valence-electron chi connectivity index (χ3n) is 7.23. The average Bonchev–Trinajstić information content (AvgIpc) is 3.69. The van der Waals surface area contributed by atoms with Gasteiger partial charge in [0.05, 0.1) is 11.4 Å². The lowest BCUT2D eigenvalue weighted by Gasteiger charge is -2.33. The van der Waals surface area contributed by atoms with Gasteiger partial charge >= 0.3 is 0 Å². The zero-order valence-electron chi connectivity index (χ0n) is 21.7. The number of amides is 2. The quantitative estimate of drug-likeness (QED) is 0.205. The molecule has 2 amide bonds. The van der Waals surface area contributed by atoms with Crippen molar-refractivity contribution in [3.05, 3.63) is 72.3 Å². The van der Waals surface area contributed by atoms with E-state index in [0.717, 1.165) is 31.2 Å². The second-order valence-corrected chi connectivity index (χ2v) is 10.2. The number of fused-ring (bicyclic) bond motifs is 1. The van der Waals surface area contributed by atoms with Crippen LogP contribution in [0.4, 0.5) is 10.2 Å². The predicted octanol–water partition coefficient (Wildman–Crippen LogP) is 3.99. The summed E-state index contributed by atoms with van der Waals surface area (Å²) in [6.07, 6.45) is 6.54. The van der Waals surface area contributed by atoms with Crippen molar-refractivity contribution in [1.82, 2.24) is 24.6 Å². The van der Waals surface area contributed by atoms with Crippen LogP contribution in [0.5, 0.6) is 11.5 Å². The predicted molar refractivity (Wildman–Crippen MR) is 146 cm³/mol. The smallest absolute Gasteiger partial charge is 0.259 e. The molecule has 0 bridgehead atoms. The Morgan fingerprint density at radius 1 is 1.05 bits per heavy atom. The maximum atomic E-state index is 13.5. The van der Waals surface area contributed by atoms with E-state index < -0.39 is 5.91 Å². The van der Waals surface area contributed by atoms with Crippen LogP contribution < -0.4 is 16.2 Å². The van der Waals surface area contributed by atoms with Gasteiger partial charge in [0.1, 0.15) is 40.7 Å². The molecule has 2 aliphatic rings. The molecule has 0 unspecified atom stereocenters. The number of ether oxygens (including phenoxy) is 1. The van der Waals surface area contributed by atoms with Gasteiger partial charge in [0.2, 0.25) is 0 Å². The van der Waals surface area contributed by atoms with Crippen molar-refractivity contribution in [3.63, 3.8) is 0 Å². The van der Waals surface area contributed by atoms with Crippen LogP contribution in [0.2, 0.25) is 0 Å². The highest BCUT2D eigenvalue weighted by Gasteiger charge is 2.32. The Kier molecular flexibility index (Phi) is 6.63. The van der Waals surface area contributed by atoms with Gasteiger partial charge in [-0.15, -0.1) is 0 Å². The van der Waals surface area contributed by atoms with Crippen LogP contribution in [-0.2, 0) is 9.59 Å². The number of hydrogen-bond acceptors (Lipinski definition) is 7. The molecular weight excluding hydrogens is 513 g/mol. The molecule has 1 aliphatic heterocycles. The Labute approximate surface area is 229 Å². The van der Waals surface area contributed by atoms with E-state index >= 15 is 0 Å². The summed E-state index contributed by atoms with van der Waals surface area (Å²) in [6, 6.07) is 13.0. The second-order valence-electron chi connectivity index (χ2n) is 10.2. The fourth-order valence-electron chi connectivity index (χ4n) is 5.07. The maximum absolute atomic E-state index is 13.5. The van der Waals surface area contributed by atoms with E-state index in [2.05, 4.69) is 9.97 Å². The minimum Gasteiger partial charge on any atom is -0.457 e. The first-order chi connectivity index (χ1) is 19.4. The summed E-state index contributed by atoms with van der Waals surface area (Å²) in [5.74, 6) is 0.0408. The molecule has 2 fully saturated rings. The number of halogens is 1. The Morgan fingerprint density at radius 2 is 1.85 bits per heavy atom. The van der Waals surface area contributed by atoms with Crippen LogP contribution in [-0.4, -0.2) is 49.6 Å². The third kappa shape index (κ3) is 5.09. The number of allylic oxidation sites excluding steroid dienone is 1.